The number of benzene rings is 1. The third kappa shape index (κ3) is 4.68. The molecule has 3 rings (SSSR count). The van der Waals surface area contributed by atoms with Gasteiger partial charge >= 0.3 is 0 Å². The molecule has 138 valence electrons. The van der Waals surface area contributed by atoms with Crippen molar-refractivity contribution < 1.29 is 4.39 Å². The van der Waals surface area contributed by atoms with Crippen LogP contribution in [0.5, 0.6) is 0 Å². The molecule has 0 aliphatic heterocycles. The number of unbranched alkanes of at least 4 members (excludes halogenated alkanes) is 1. The summed E-state index contributed by atoms with van der Waals surface area (Å²) in [6.45, 7) is 12.0. The number of aromatic nitrogens is 2. The zero-order valence-corrected chi connectivity index (χ0v) is 16.1. The lowest BCUT2D eigenvalue weighted by molar-refractivity contribution is 0.628. The molecule has 2 nitrogen and oxygen atoms in total. The number of nitrogens with zero attached hydrogens (tertiary/aromatic N) is 2. The number of hydrogen-bond acceptors (Lipinski definition) is 2. The topological polar surface area (TPSA) is 25.8 Å². The molecule has 0 radical (unpaired) electrons. The van der Waals surface area contributed by atoms with Gasteiger partial charge in [0.1, 0.15) is 5.82 Å². The number of fused-ring (bicyclic) bond motifs is 1. The van der Waals surface area contributed by atoms with Crippen LogP contribution in [0.15, 0.2) is 61.3 Å². The molecule has 0 N–H and O–H groups in total. The number of allylic oxidation sites excluding steroid dienone is 2. The van der Waals surface area contributed by atoms with Gasteiger partial charge in [0.2, 0.25) is 0 Å². The first-order chi connectivity index (χ1) is 12.9. The van der Waals surface area contributed by atoms with Crippen molar-refractivity contribution in [2.75, 3.05) is 0 Å². The summed E-state index contributed by atoms with van der Waals surface area (Å²) in [6.07, 6.45) is 5.91. The lowest BCUT2D eigenvalue weighted by Gasteiger charge is -2.12. The summed E-state index contributed by atoms with van der Waals surface area (Å²) in [6, 6.07) is 10.8. The molecule has 3 aromatic rings. The lowest BCUT2D eigenvalue weighted by Crippen LogP contribution is -1.98. The standard InChI is InChI=1S/C24H25FN2/c1-16(2)7-5-6-8-19-13-20-14-21(17(3)4)15-26-24(20)27-23(19)18-9-11-22(25)12-10-18/h9-15H,1,3,5-8H2,2,4H3. The van der Waals surface area contributed by atoms with Crippen LogP contribution in [-0.2, 0) is 6.42 Å². The normalized spacial score (nSPS) is 10.9. The van der Waals surface area contributed by atoms with Crippen LogP contribution >= 0.6 is 0 Å². The zero-order chi connectivity index (χ0) is 19.4. The maximum atomic E-state index is 13.4. The van der Waals surface area contributed by atoms with E-state index in [0.29, 0.717) is 5.65 Å². The van der Waals surface area contributed by atoms with Gasteiger partial charge in [0, 0.05) is 17.1 Å². The van der Waals surface area contributed by atoms with Crippen LogP contribution in [0.4, 0.5) is 4.39 Å². The van der Waals surface area contributed by atoms with Crippen molar-refractivity contribution in [3.63, 3.8) is 0 Å². The fourth-order valence-corrected chi connectivity index (χ4v) is 3.13. The highest BCUT2D eigenvalue weighted by molar-refractivity contribution is 5.83. The Balaban J connectivity index is 2.02. The third-order valence-electron chi connectivity index (χ3n) is 4.66. The fraction of sp³-hybridized carbons (Fsp3) is 0.250. The highest BCUT2D eigenvalue weighted by atomic mass is 19.1. The first-order valence-corrected chi connectivity index (χ1v) is 9.30. The summed E-state index contributed by atoms with van der Waals surface area (Å²) in [4.78, 5) is 9.32. The summed E-state index contributed by atoms with van der Waals surface area (Å²) >= 11 is 0. The molecule has 0 atom stereocenters. The van der Waals surface area contributed by atoms with E-state index in [1.165, 1.54) is 17.7 Å². The molecular formula is C24H25FN2. The SMILES string of the molecule is C=C(C)CCCCc1cc2cc(C(=C)C)cnc2nc1-c1ccc(F)cc1. The summed E-state index contributed by atoms with van der Waals surface area (Å²) in [5.41, 5.74) is 6.87. The first-order valence-electron chi connectivity index (χ1n) is 9.30. The minimum atomic E-state index is -0.244. The van der Waals surface area contributed by atoms with Crippen LogP contribution in [0.3, 0.4) is 0 Å². The minimum absolute atomic E-state index is 0.244. The highest BCUT2D eigenvalue weighted by Gasteiger charge is 2.11. The van der Waals surface area contributed by atoms with Crippen molar-refractivity contribution in [3.05, 3.63) is 78.3 Å². The van der Waals surface area contributed by atoms with Gasteiger partial charge in [-0.15, -0.1) is 6.58 Å². The maximum Gasteiger partial charge on any atom is 0.159 e. The van der Waals surface area contributed by atoms with Crippen molar-refractivity contribution in [2.45, 2.75) is 39.5 Å². The van der Waals surface area contributed by atoms with Crippen LogP contribution in [0.2, 0.25) is 0 Å². The fourth-order valence-electron chi connectivity index (χ4n) is 3.13. The van der Waals surface area contributed by atoms with Gasteiger partial charge in [-0.25, -0.2) is 14.4 Å². The molecule has 0 aliphatic carbocycles. The van der Waals surface area contributed by atoms with E-state index in [2.05, 4.69) is 37.2 Å². The third-order valence-corrected chi connectivity index (χ3v) is 4.66. The summed E-state index contributed by atoms with van der Waals surface area (Å²) in [5.74, 6) is -0.244. The highest BCUT2D eigenvalue weighted by Crippen LogP contribution is 2.28. The quantitative estimate of drug-likeness (QED) is 0.344. The molecule has 0 fully saturated rings. The predicted octanol–water partition coefficient (Wildman–Crippen LogP) is 6.76. The van der Waals surface area contributed by atoms with Crippen LogP contribution in [-0.4, -0.2) is 9.97 Å². The van der Waals surface area contributed by atoms with Gasteiger partial charge in [0.15, 0.2) is 5.65 Å². The number of aryl methyl sites for hydroxylation is 1. The van der Waals surface area contributed by atoms with E-state index in [0.717, 1.165) is 59.0 Å². The van der Waals surface area contributed by atoms with Crippen molar-refractivity contribution in [2.24, 2.45) is 0 Å². The zero-order valence-electron chi connectivity index (χ0n) is 16.1. The number of pyridine rings is 2. The summed E-state index contributed by atoms with van der Waals surface area (Å²) in [7, 11) is 0. The van der Waals surface area contributed by atoms with E-state index < -0.39 is 0 Å². The molecule has 27 heavy (non-hydrogen) atoms. The maximum absolute atomic E-state index is 13.4. The monoisotopic (exact) mass is 360 g/mol. The second-order valence-electron chi connectivity index (χ2n) is 7.22. The largest absolute Gasteiger partial charge is 0.236 e. The van der Waals surface area contributed by atoms with E-state index in [9.17, 15) is 4.39 Å². The molecule has 0 aliphatic rings. The average molecular weight is 360 g/mol. The van der Waals surface area contributed by atoms with Crippen molar-refractivity contribution >= 4 is 16.6 Å². The van der Waals surface area contributed by atoms with E-state index in [-0.39, 0.29) is 5.82 Å². The van der Waals surface area contributed by atoms with E-state index >= 15 is 0 Å². The smallest absolute Gasteiger partial charge is 0.159 e. The van der Waals surface area contributed by atoms with Crippen LogP contribution in [0.25, 0.3) is 27.9 Å². The van der Waals surface area contributed by atoms with Gasteiger partial charge in [0.25, 0.3) is 0 Å². The molecule has 1 aromatic carbocycles. The van der Waals surface area contributed by atoms with Gasteiger partial charge < -0.3 is 0 Å². The van der Waals surface area contributed by atoms with Crippen LogP contribution in [0, 0.1) is 5.82 Å². The average Bonchev–Trinajstić information content (AvgIpc) is 2.64. The Morgan fingerprint density at radius 1 is 1.04 bits per heavy atom. The van der Waals surface area contributed by atoms with Gasteiger partial charge in [0.05, 0.1) is 5.69 Å². The minimum Gasteiger partial charge on any atom is -0.236 e. The predicted molar refractivity (Wildman–Crippen MR) is 112 cm³/mol. The Hall–Kier alpha value is -2.81. The van der Waals surface area contributed by atoms with Crippen LogP contribution < -0.4 is 0 Å². The van der Waals surface area contributed by atoms with E-state index in [4.69, 9.17) is 4.98 Å². The van der Waals surface area contributed by atoms with Gasteiger partial charge in [-0.2, -0.15) is 0 Å². The molecule has 0 spiro atoms. The van der Waals surface area contributed by atoms with Crippen LogP contribution in [0.1, 0.15) is 44.2 Å². The van der Waals surface area contributed by atoms with Crippen molar-refractivity contribution in [1.82, 2.24) is 9.97 Å². The lowest BCUT2D eigenvalue weighted by atomic mass is 9.98. The Kier molecular flexibility index (Phi) is 5.80. The number of halogens is 1. The second-order valence-corrected chi connectivity index (χ2v) is 7.22. The molecule has 0 bridgehead atoms. The Labute approximate surface area is 160 Å². The molecule has 0 saturated heterocycles. The Morgan fingerprint density at radius 2 is 1.78 bits per heavy atom. The van der Waals surface area contributed by atoms with Crippen molar-refractivity contribution in [3.8, 4) is 11.3 Å². The molecular weight excluding hydrogens is 335 g/mol. The van der Waals surface area contributed by atoms with Gasteiger partial charge in [-0.3, -0.25) is 0 Å². The molecule has 2 heterocycles. The summed E-state index contributed by atoms with van der Waals surface area (Å²) in [5, 5.41) is 1.01. The Morgan fingerprint density at radius 3 is 2.44 bits per heavy atom. The second kappa shape index (κ2) is 8.26. The van der Waals surface area contributed by atoms with E-state index in [1.54, 1.807) is 18.3 Å². The molecule has 3 heteroatoms. The van der Waals surface area contributed by atoms with Crippen molar-refractivity contribution in [1.29, 1.82) is 0 Å². The molecule has 2 aromatic heterocycles. The first kappa shape index (κ1) is 19.0. The number of hydrogen-bond donors (Lipinski definition) is 0. The summed E-state index contributed by atoms with van der Waals surface area (Å²) < 4.78 is 13.4. The molecule has 0 unspecified atom stereocenters. The number of rotatable bonds is 7. The Bertz CT molecular complexity index is 987. The van der Waals surface area contributed by atoms with Gasteiger partial charge in [-0.1, -0.05) is 12.2 Å². The van der Waals surface area contributed by atoms with E-state index in [1.807, 2.05) is 6.92 Å². The molecule has 0 amide bonds. The van der Waals surface area contributed by atoms with Gasteiger partial charge in [-0.05, 0) is 92.6 Å². The molecule has 0 saturated carbocycles.